The number of ketones is 1. The van der Waals surface area contributed by atoms with E-state index >= 15 is 0 Å². The molecule has 1 unspecified atom stereocenters. The van der Waals surface area contributed by atoms with Crippen LogP contribution in [0.25, 0.3) is 11.3 Å². The molecule has 3 heteroatoms. The second-order valence-electron chi connectivity index (χ2n) is 4.89. The molecular weight excluding hydrogens is 262 g/mol. The van der Waals surface area contributed by atoms with Crippen LogP contribution >= 0.6 is 0 Å². The molecule has 0 radical (unpaired) electrons. The second-order valence-corrected chi connectivity index (χ2v) is 4.89. The third kappa shape index (κ3) is 2.77. The number of hydrogen-bond donors (Lipinski definition) is 0. The van der Waals surface area contributed by atoms with E-state index in [4.69, 9.17) is 4.42 Å². The van der Waals surface area contributed by atoms with Crippen molar-refractivity contribution in [1.82, 2.24) is 4.98 Å². The summed E-state index contributed by atoms with van der Waals surface area (Å²) in [4.78, 5) is 16.8. The number of nitrogens with zero attached hydrogens (tertiary/aromatic N) is 1. The maximum Gasteiger partial charge on any atom is 0.205 e. The molecule has 3 nitrogen and oxygen atoms in total. The Morgan fingerprint density at radius 3 is 2.29 bits per heavy atom. The van der Waals surface area contributed by atoms with E-state index < -0.39 is 5.92 Å². The fourth-order valence-electron chi connectivity index (χ4n) is 2.19. The molecule has 0 aliphatic heterocycles. The maximum atomic E-state index is 12.4. The number of oxazole rings is 1. The summed E-state index contributed by atoms with van der Waals surface area (Å²) < 4.78 is 5.49. The van der Waals surface area contributed by atoms with Crippen LogP contribution in [0.3, 0.4) is 0 Å². The third-order valence-corrected chi connectivity index (χ3v) is 3.41. The van der Waals surface area contributed by atoms with Crippen LogP contribution in [0.5, 0.6) is 0 Å². The van der Waals surface area contributed by atoms with Crippen LogP contribution in [-0.4, -0.2) is 10.8 Å². The Hall–Kier alpha value is -2.68. The zero-order valence-electron chi connectivity index (χ0n) is 11.7. The van der Waals surface area contributed by atoms with Crippen molar-refractivity contribution >= 4 is 5.78 Å². The van der Waals surface area contributed by atoms with Gasteiger partial charge in [-0.3, -0.25) is 4.79 Å². The van der Waals surface area contributed by atoms with Gasteiger partial charge >= 0.3 is 0 Å². The zero-order valence-corrected chi connectivity index (χ0v) is 11.7. The number of aromatic nitrogens is 1. The molecule has 1 atom stereocenters. The van der Waals surface area contributed by atoms with Crippen molar-refractivity contribution in [3.05, 3.63) is 78.4 Å². The van der Waals surface area contributed by atoms with E-state index in [9.17, 15) is 4.79 Å². The summed E-state index contributed by atoms with van der Waals surface area (Å²) in [7, 11) is 0. The van der Waals surface area contributed by atoms with Crippen molar-refractivity contribution in [2.75, 3.05) is 0 Å². The van der Waals surface area contributed by atoms with E-state index in [0.717, 1.165) is 11.3 Å². The highest BCUT2D eigenvalue weighted by molar-refractivity contribution is 6.00. The highest BCUT2D eigenvalue weighted by Gasteiger charge is 2.22. The number of carbonyl (C=O) groups is 1. The summed E-state index contributed by atoms with van der Waals surface area (Å²) in [5.74, 6) is 0.0598. The Morgan fingerprint density at radius 1 is 1.00 bits per heavy atom. The molecule has 0 saturated carbocycles. The molecule has 0 amide bonds. The minimum atomic E-state index is -0.398. The van der Waals surface area contributed by atoms with Crippen LogP contribution in [0.4, 0.5) is 0 Å². The standard InChI is InChI=1S/C18H15NO2/c1-13(17(20)15-10-6-3-7-11-15)18-19-16(12-21-18)14-8-4-2-5-9-14/h2-13H,1H3. The molecule has 0 aliphatic rings. The summed E-state index contributed by atoms with van der Waals surface area (Å²) in [6.07, 6.45) is 1.60. The maximum absolute atomic E-state index is 12.4. The smallest absolute Gasteiger partial charge is 0.205 e. The predicted molar refractivity (Wildman–Crippen MR) is 81.1 cm³/mol. The molecule has 104 valence electrons. The van der Waals surface area contributed by atoms with Gasteiger partial charge in [0.2, 0.25) is 5.89 Å². The van der Waals surface area contributed by atoms with E-state index in [1.807, 2.05) is 55.5 Å². The summed E-state index contributed by atoms with van der Waals surface area (Å²) in [5, 5.41) is 0. The lowest BCUT2D eigenvalue weighted by molar-refractivity contribution is 0.0955. The fourth-order valence-corrected chi connectivity index (χ4v) is 2.19. The Balaban J connectivity index is 1.85. The summed E-state index contributed by atoms with van der Waals surface area (Å²) in [6, 6.07) is 19.0. The van der Waals surface area contributed by atoms with Gasteiger partial charge in [-0.05, 0) is 6.92 Å². The van der Waals surface area contributed by atoms with E-state index in [2.05, 4.69) is 4.98 Å². The van der Waals surface area contributed by atoms with Gasteiger partial charge in [0.15, 0.2) is 5.78 Å². The second kappa shape index (κ2) is 5.75. The van der Waals surface area contributed by atoms with Gasteiger partial charge in [0.05, 0.1) is 5.92 Å². The predicted octanol–water partition coefficient (Wildman–Crippen LogP) is 4.33. The number of benzene rings is 2. The monoisotopic (exact) mass is 277 g/mol. The topological polar surface area (TPSA) is 43.1 Å². The fraction of sp³-hybridized carbons (Fsp3) is 0.111. The Kier molecular flexibility index (Phi) is 3.65. The van der Waals surface area contributed by atoms with Gasteiger partial charge < -0.3 is 4.42 Å². The molecule has 0 N–H and O–H groups in total. The van der Waals surface area contributed by atoms with Crippen LogP contribution in [0.15, 0.2) is 71.3 Å². The van der Waals surface area contributed by atoms with Gasteiger partial charge in [-0.15, -0.1) is 0 Å². The first-order chi connectivity index (χ1) is 10.3. The van der Waals surface area contributed by atoms with Gasteiger partial charge in [0, 0.05) is 11.1 Å². The quantitative estimate of drug-likeness (QED) is 0.667. The first-order valence-corrected chi connectivity index (χ1v) is 6.86. The van der Waals surface area contributed by atoms with Crippen molar-refractivity contribution in [3.63, 3.8) is 0 Å². The van der Waals surface area contributed by atoms with E-state index in [0.29, 0.717) is 11.5 Å². The molecule has 3 rings (SSSR count). The normalized spacial score (nSPS) is 12.0. The van der Waals surface area contributed by atoms with Crippen molar-refractivity contribution < 1.29 is 9.21 Å². The SMILES string of the molecule is CC(C(=O)c1ccccc1)c1nc(-c2ccccc2)co1. The lowest BCUT2D eigenvalue weighted by atomic mass is 9.99. The van der Waals surface area contributed by atoms with E-state index in [1.54, 1.807) is 18.4 Å². The molecule has 0 bridgehead atoms. The first kappa shape index (κ1) is 13.3. The minimum absolute atomic E-state index is 0.0112. The van der Waals surface area contributed by atoms with Gasteiger partial charge in [-0.25, -0.2) is 4.98 Å². The number of carbonyl (C=O) groups excluding carboxylic acids is 1. The average molecular weight is 277 g/mol. The lowest BCUT2D eigenvalue weighted by Gasteiger charge is -2.05. The number of hydrogen-bond acceptors (Lipinski definition) is 3. The van der Waals surface area contributed by atoms with E-state index in [-0.39, 0.29) is 5.78 Å². The average Bonchev–Trinajstić information content (AvgIpc) is 3.05. The van der Waals surface area contributed by atoms with Crippen LogP contribution in [0, 0.1) is 0 Å². The van der Waals surface area contributed by atoms with Gasteiger partial charge in [-0.1, -0.05) is 60.7 Å². The van der Waals surface area contributed by atoms with Crippen molar-refractivity contribution in [2.45, 2.75) is 12.8 Å². The lowest BCUT2D eigenvalue weighted by Crippen LogP contribution is -2.09. The van der Waals surface area contributed by atoms with Gasteiger partial charge in [-0.2, -0.15) is 0 Å². The van der Waals surface area contributed by atoms with Crippen molar-refractivity contribution in [3.8, 4) is 11.3 Å². The minimum Gasteiger partial charge on any atom is -0.448 e. The molecule has 0 spiro atoms. The molecule has 0 saturated heterocycles. The van der Waals surface area contributed by atoms with Crippen LogP contribution in [-0.2, 0) is 0 Å². The third-order valence-electron chi connectivity index (χ3n) is 3.41. The highest BCUT2D eigenvalue weighted by atomic mass is 16.3. The molecule has 1 heterocycles. The Bertz CT molecular complexity index is 732. The molecule has 0 fully saturated rings. The van der Waals surface area contributed by atoms with Crippen LogP contribution < -0.4 is 0 Å². The highest BCUT2D eigenvalue weighted by Crippen LogP contribution is 2.24. The number of Topliss-reactive ketones (excluding diaryl/α,β-unsaturated/α-hetero) is 1. The zero-order chi connectivity index (χ0) is 14.7. The van der Waals surface area contributed by atoms with E-state index in [1.165, 1.54) is 0 Å². The number of rotatable bonds is 4. The Labute approximate surface area is 123 Å². The summed E-state index contributed by atoms with van der Waals surface area (Å²) >= 11 is 0. The van der Waals surface area contributed by atoms with Gasteiger partial charge in [0.25, 0.3) is 0 Å². The molecule has 1 aromatic heterocycles. The molecule has 2 aromatic carbocycles. The molecule has 3 aromatic rings. The Morgan fingerprint density at radius 2 is 1.62 bits per heavy atom. The van der Waals surface area contributed by atoms with Crippen molar-refractivity contribution in [1.29, 1.82) is 0 Å². The molecule has 21 heavy (non-hydrogen) atoms. The summed E-state index contributed by atoms with van der Waals surface area (Å²) in [5.41, 5.74) is 2.40. The first-order valence-electron chi connectivity index (χ1n) is 6.86. The largest absolute Gasteiger partial charge is 0.448 e. The van der Waals surface area contributed by atoms with Crippen LogP contribution in [0.2, 0.25) is 0 Å². The molecule has 0 aliphatic carbocycles. The molecular formula is C18H15NO2. The van der Waals surface area contributed by atoms with Gasteiger partial charge in [0.1, 0.15) is 12.0 Å². The summed E-state index contributed by atoms with van der Waals surface area (Å²) in [6.45, 7) is 1.82. The van der Waals surface area contributed by atoms with Crippen molar-refractivity contribution in [2.24, 2.45) is 0 Å². The van der Waals surface area contributed by atoms with Crippen LogP contribution in [0.1, 0.15) is 29.1 Å².